The summed E-state index contributed by atoms with van der Waals surface area (Å²) >= 11 is 0. The molecule has 0 bridgehead atoms. The molecular weight excluding hydrogens is 255 g/mol. The van der Waals surface area contributed by atoms with Gasteiger partial charge in [-0.15, -0.1) is 0 Å². The number of nitrogens with one attached hydrogen (secondary N) is 1. The number of rotatable bonds is 3. The number of carbonyl (C=O) groups excluding carboxylic acids is 1. The van der Waals surface area contributed by atoms with Crippen molar-refractivity contribution < 1.29 is 9.18 Å². The second kappa shape index (κ2) is 5.74. The summed E-state index contributed by atoms with van der Waals surface area (Å²) in [5.74, 6) is -0.529. The summed E-state index contributed by atoms with van der Waals surface area (Å²) in [4.78, 5) is 12.2. The fourth-order valence-electron chi connectivity index (χ4n) is 1.99. The monoisotopic (exact) mass is 272 g/mol. The number of hydrogen-bond acceptors (Lipinski definition) is 2. The standard InChI is InChI=1S/C16H17FN2O/c1-10-4-3-5-14(15(10)18)16(20)19-11(2)12-6-8-13(17)9-7-12/h3-9,11H,18H2,1-2H3,(H,19,20). The van der Waals surface area contributed by atoms with Crippen LogP contribution in [-0.2, 0) is 0 Å². The van der Waals surface area contributed by atoms with Crippen LogP contribution in [0.1, 0.15) is 34.5 Å². The number of hydrogen-bond donors (Lipinski definition) is 2. The number of aryl methyl sites for hydroxylation is 1. The van der Waals surface area contributed by atoms with E-state index in [4.69, 9.17) is 5.73 Å². The summed E-state index contributed by atoms with van der Waals surface area (Å²) in [6.07, 6.45) is 0. The summed E-state index contributed by atoms with van der Waals surface area (Å²) in [6.45, 7) is 3.70. The lowest BCUT2D eigenvalue weighted by Crippen LogP contribution is -2.27. The molecule has 0 radical (unpaired) electrons. The van der Waals surface area contributed by atoms with Gasteiger partial charge in [-0.3, -0.25) is 4.79 Å². The van der Waals surface area contributed by atoms with Crippen molar-refractivity contribution in [3.05, 3.63) is 65.0 Å². The fourth-order valence-corrected chi connectivity index (χ4v) is 1.99. The lowest BCUT2D eigenvalue weighted by atomic mass is 10.1. The SMILES string of the molecule is Cc1cccc(C(=O)NC(C)c2ccc(F)cc2)c1N. The minimum absolute atomic E-state index is 0.219. The highest BCUT2D eigenvalue weighted by molar-refractivity contribution is 5.99. The van der Waals surface area contributed by atoms with E-state index in [0.29, 0.717) is 11.3 Å². The van der Waals surface area contributed by atoms with Gasteiger partial charge in [-0.25, -0.2) is 4.39 Å². The Morgan fingerprint density at radius 3 is 2.50 bits per heavy atom. The van der Waals surface area contributed by atoms with Crippen molar-refractivity contribution in [3.8, 4) is 0 Å². The Bertz CT molecular complexity index is 623. The summed E-state index contributed by atoms with van der Waals surface area (Å²) in [5.41, 5.74) is 8.55. The number of para-hydroxylation sites is 1. The van der Waals surface area contributed by atoms with Crippen LogP contribution in [0.5, 0.6) is 0 Å². The van der Waals surface area contributed by atoms with Crippen LogP contribution in [0.3, 0.4) is 0 Å². The number of halogens is 1. The van der Waals surface area contributed by atoms with E-state index in [2.05, 4.69) is 5.32 Å². The Morgan fingerprint density at radius 1 is 1.20 bits per heavy atom. The third-order valence-electron chi connectivity index (χ3n) is 3.29. The van der Waals surface area contributed by atoms with Gasteiger partial charge < -0.3 is 11.1 Å². The van der Waals surface area contributed by atoms with Gasteiger partial charge in [0, 0.05) is 5.69 Å². The van der Waals surface area contributed by atoms with Crippen LogP contribution in [0, 0.1) is 12.7 Å². The summed E-state index contributed by atoms with van der Waals surface area (Å²) in [7, 11) is 0. The van der Waals surface area contributed by atoms with Crippen molar-refractivity contribution in [2.75, 3.05) is 5.73 Å². The minimum atomic E-state index is -0.296. The van der Waals surface area contributed by atoms with Gasteiger partial charge in [0.15, 0.2) is 0 Å². The van der Waals surface area contributed by atoms with Crippen LogP contribution in [-0.4, -0.2) is 5.91 Å². The van der Waals surface area contributed by atoms with E-state index in [9.17, 15) is 9.18 Å². The molecule has 0 aromatic heterocycles. The molecule has 0 aliphatic carbocycles. The Kier molecular flexibility index (Phi) is 4.03. The zero-order valence-electron chi connectivity index (χ0n) is 11.5. The van der Waals surface area contributed by atoms with Gasteiger partial charge in [0.05, 0.1) is 11.6 Å². The Hall–Kier alpha value is -2.36. The quantitative estimate of drug-likeness (QED) is 0.843. The van der Waals surface area contributed by atoms with E-state index in [1.54, 1.807) is 24.3 Å². The molecule has 3 N–H and O–H groups in total. The molecule has 4 heteroatoms. The predicted molar refractivity (Wildman–Crippen MR) is 77.9 cm³/mol. The fraction of sp³-hybridized carbons (Fsp3) is 0.188. The first kappa shape index (κ1) is 14.1. The third kappa shape index (κ3) is 2.96. The molecule has 1 atom stereocenters. The summed E-state index contributed by atoms with van der Waals surface area (Å²) < 4.78 is 12.9. The maximum atomic E-state index is 12.9. The van der Waals surface area contributed by atoms with Crippen LogP contribution in [0.25, 0.3) is 0 Å². The molecule has 2 aromatic carbocycles. The van der Waals surface area contributed by atoms with E-state index < -0.39 is 0 Å². The van der Waals surface area contributed by atoms with Crippen LogP contribution < -0.4 is 11.1 Å². The van der Waals surface area contributed by atoms with E-state index >= 15 is 0 Å². The Labute approximate surface area is 117 Å². The molecule has 0 heterocycles. The molecule has 0 saturated carbocycles. The second-order valence-electron chi connectivity index (χ2n) is 4.78. The minimum Gasteiger partial charge on any atom is -0.398 e. The number of nitrogen functional groups attached to an aromatic ring is 1. The van der Waals surface area contributed by atoms with E-state index in [-0.39, 0.29) is 17.8 Å². The molecule has 1 amide bonds. The van der Waals surface area contributed by atoms with Gasteiger partial charge in [0.2, 0.25) is 0 Å². The van der Waals surface area contributed by atoms with E-state index in [0.717, 1.165) is 11.1 Å². The molecule has 0 aliphatic heterocycles. The Morgan fingerprint density at radius 2 is 1.85 bits per heavy atom. The summed E-state index contributed by atoms with van der Waals surface area (Å²) in [5, 5.41) is 2.86. The number of carbonyl (C=O) groups is 1. The average Bonchev–Trinajstić information content (AvgIpc) is 2.42. The van der Waals surface area contributed by atoms with Crippen molar-refractivity contribution in [2.24, 2.45) is 0 Å². The molecule has 0 saturated heterocycles. The van der Waals surface area contributed by atoms with Gasteiger partial charge in [0.1, 0.15) is 5.82 Å². The van der Waals surface area contributed by atoms with Gasteiger partial charge in [-0.05, 0) is 43.2 Å². The first-order valence-corrected chi connectivity index (χ1v) is 6.40. The lowest BCUT2D eigenvalue weighted by molar-refractivity contribution is 0.0940. The molecule has 2 aromatic rings. The van der Waals surface area contributed by atoms with Crippen molar-refractivity contribution in [2.45, 2.75) is 19.9 Å². The van der Waals surface area contributed by atoms with Gasteiger partial charge in [0.25, 0.3) is 5.91 Å². The molecule has 3 nitrogen and oxygen atoms in total. The number of nitrogens with two attached hydrogens (primary N) is 1. The van der Waals surface area contributed by atoms with Crippen molar-refractivity contribution in [1.82, 2.24) is 5.32 Å². The van der Waals surface area contributed by atoms with Crippen LogP contribution in [0.4, 0.5) is 10.1 Å². The molecule has 0 spiro atoms. The maximum absolute atomic E-state index is 12.9. The van der Waals surface area contributed by atoms with E-state index in [1.165, 1.54) is 12.1 Å². The smallest absolute Gasteiger partial charge is 0.253 e. The first-order chi connectivity index (χ1) is 9.49. The average molecular weight is 272 g/mol. The molecule has 0 aliphatic rings. The zero-order valence-corrected chi connectivity index (χ0v) is 11.5. The number of amides is 1. The largest absolute Gasteiger partial charge is 0.398 e. The van der Waals surface area contributed by atoms with Crippen LogP contribution >= 0.6 is 0 Å². The number of benzene rings is 2. The number of anilines is 1. The summed E-state index contributed by atoms with van der Waals surface area (Å²) in [6, 6.07) is 11.2. The van der Waals surface area contributed by atoms with E-state index in [1.807, 2.05) is 19.9 Å². The van der Waals surface area contributed by atoms with Crippen molar-refractivity contribution in [1.29, 1.82) is 0 Å². The zero-order chi connectivity index (χ0) is 14.7. The highest BCUT2D eigenvalue weighted by atomic mass is 19.1. The highest BCUT2D eigenvalue weighted by Crippen LogP contribution is 2.18. The highest BCUT2D eigenvalue weighted by Gasteiger charge is 2.14. The molecular formula is C16H17FN2O. The first-order valence-electron chi connectivity index (χ1n) is 6.40. The lowest BCUT2D eigenvalue weighted by Gasteiger charge is -2.15. The molecule has 2 rings (SSSR count). The molecule has 20 heavy (non-hydrogen) atoms. The Balaban J connectivity index is 2.15. The third-order valence-corrected chi connectivity index (χ3v) is 3.29. The van der Waals surface area contributed by atoms with Gasteiger partial charge in [-0.2, -0.15) is 0 Å². The van der Waals surface area contributed by atoms with Crippen molar-refractivity contribution in [3.63, 3.8) is 0 Å². The molecule has 0 fully saturated rings. The van der Waals surface area contributed by atoms with Gasteiger partial charge in [-0.1, -0.05) is 24.3 Å². The second-order valence-corrected chi connectivity index (χ2v) is 4.78. The molecule has 1 unspecified atom stereocenters. The normalized spacial score (nSPS) is 11.9. The van der Waals surface area contributed by atoms with Crippen molar-refractivity contribution >= 4 is 11.6 Å². The van der Waals surface area contributed by atoms with Gasteiger partial charge >= 0.3 is 0 Å². The maximum Gasteiger partial charge on any atom is 0.253 e. The topological polar surface area (TPSA) is 55.1 Å². The molecule has 104 valence electrons. The van der Waals surface area contributed by atoms with Crippen LogP contribution in [0.15, 0.2) is 42.5 Å². The van der Waals surface area contributed by atoms with Crippen LogP contribution in [0.2, 0.25) is 0 Å². The predicted octanol–water partition coefficient (Wildman–Crippen LogP) is 3.21.